The summed E-state index contributed by atoms with van der Waals surface area (Å²) in [5.74, 6) is 0. The van der Waals surface area contributed by atoms with Gasteiger partial charge in [0.25, 0.3) is 0 Å². The van der Waals surface area contributed by atoms with Gasteiger partial charge in [0.1, 0.15) is 0 Å². The molecule has 0 saturated heterocycles. The average molecular weight is 230 g/mol. The zero-order chi connectivity index (χ0) is 12.0. The van der Waals surface area contributed by atoms with E-state index in [4.69, 9.17) is 0 Å². The van der Waals surface area contributed by atoms with Crippen molar-refractivity contribution in [3.05, 3.63) is 23.3 Å². The fourth-order valence-electron chi connectivity index (χ4n) is 3.46. The summed E-state index contributed by atoms with van der Waals surface area (Å²) >= 11 is 0. The van der Waals surface area contributed by atoms with E-state index in [9.17, 15) is 0 Å². The molecule has 3 rings (SSSR count). The summed E-state index contributed by atoms with van der Waals surface area (Å²) in [5, 5.41) is 3.87. The van der Waals surface area contributed by atoms with Crippen LogP contribution >= 0.6 is 0 Å². The van der Waals surface area contributed by atoms with Crippen molar-refractivity contribution >= 4 is 11.4 Å². The van der Waals surface area contributed by atoms with Gasteiger partial charge in [-0.2, -0.15) is 0 Å². The number of hydrogen-bond acceptors (Lipinski definition) is 2. The van der Waals surface area contributed by atoms with Gasteiger partial charge < -0.3 is 10.2 Å². The lowest BCUT2D eigenvalue weighted by Gasteiger charge is -2.43. The standard InChI is InChI=1S/C15H22N2/c1-11-6-7-13-14(12(11)2)16-15(10-17(13)3)8-4-5-9-15/h6-7,16H,4-5,8-10H2,1-3H3. The van der Waals surface area contributed by atoms with Gasteiger partial charge in [-0.3, -0.25) is 0 Å². The second-order valence-corrected chi connectivity index (χ2v) is 5.87. The van der Waals surface area contributed by atoms with E-state index < -0.39 is 0 Å². The van der Waals surface area contributed by atoms with Crippen molar-refractivity contribution in [2.75, 3.05) is 23.8 Å². The molecule has 0 unspecified atom stereocenters. The van der Waals surface area contributed by atoms with E-state index in [0.29, 0.717) is 5.54 Å². The van der Waals surface area contributed by atoms with Crippen molar-refractivity contribution in [2.24, 2.45) is 0 Å². The molecule has 2 heteroatoms. The highest BCUT2D eigenvalue weighted by molar-refractivity contribution is 5.77. The summed E-state index contributed by atoms with van der Waals surface area (Å²) in [5.41, 5.74) is 5.90. The topological polar surface area (TPSA) is 15.3 Å². The van der Waals surface area contributed by atoms with Gasteiger partial charge in [0.05, 0.1) is 16.9 Å². The van der Waals surface area contributed by atoms with Crippen molar-refractivity contribution in [2.45, 2.75) is 45.1 Å². The Morgan fingerprint density at radius 2 is 1.88 bits per heavy atom. The van der Waals surface area contributed by atoms with Crippen molar-refractivity contribution < 1.29 is 0 Å². The number of hydrogen-bond donors (Lipinski definition) is 1. The van der Waals surface area contributed by atoms with Crippen LogP contribution in [0.15, 0.2) is 12.1 Å². The van der Waals surface area contributed by atoms with Crippen LogP contribution in [0.2, 0.25) is 0 Å². The van der Waals surface area contributed by atoms with Crippen LogP contribution in [-0.2, 0) is 0 Å². The van der Waals surface area contributed by atoms with E-state index in [1.807, 2.05) is 0 Å². The first-order valence-electron chi connectivity index (χ1n) is 6.71. The van der Waals surface area contributed by atoms with Crippen molar-refractivity contribution in [3.63, 3.8) is 0 Å². The van der Waals surface area contributed by atoms with Crippen LogP contribution in [0.4, 0.5) is 11.4 Å². The van der Waals surface area contributed by atoms with Crippen molar-refractivity contribution in [1.82, 2.24) is 0 Å². The first-order valence-corrected chi connectivity index (χ1v) is 6.71. The number of nitrogens with one attached hydrogen (secondary N) is 1. The third-order valence-corrected chi connectivity index (χ3v) is 4.62. The zero-order valence-electron chi connectivity index (χ0n) is 11.1. The number of nitrogens with zero attached hydrogens (tertiary/aromatic N) is 1. The lowest BCUT2D eigenvalue weighted by molar-refractivity contribution is 0.472. The molecular weight excluding hydrogens is 208 g/mol. The Morgan fingerprint density at radius 3 is 2.59 bits per heavy atom. The van der Waals surface area contributed by atoms with E-state index in [1.165, 1.54) is 48.2 Å². The highest BCUT2D eigenvalue weighted by Gasteiger charge is 2.39. The monoisotopic (exact) mass is 230 g/mol. The smallest absolute Gasteiger partial charge is 0.0615 e. The number of benzene rings is 1. The van der Waals surface area contributed by atoms with Crippen LogP contribution in [-0.4, -0.2) is 19.1 Å². The van der Waals surface area contributed by atoms with E-state index in [-0.39, 0.29) is 0 Å². The van der Waals surface area contributed by atoms with E-state index in [0.717, 1.165) is 6.54 Å². The summed E-state index contributed by atoms with van der Waals surface area (Å²) in [7, 11) is 2.23. The van der Waals surface area contributed by atoms with Gasteiger partial charge in [-0.05, 0) is 43.9 Å². The average Bonchev–Trinajstić information content (AvgIpc) is 2.72. The highest BCUT2D eigenvalue weighted by atomic mass is 15.2. The largest absolute Gasteiger partial charge is 0.376 e. The van der Waals surface area contributed by atoms with Crippen molar-refractivity contribution in [1.29, 1.82) is 0 Å². The molecule has 2 nitrogen and oxygen atoms in total. The number of rotatable bonds is 0. The predicted octanol–water partition coefficient (Wildman–Crippen LogP) is 3.48. The molecule has 1 spiro atoms. The quantitative estimate of drug-likeness (QED) is 0.734. The molecule has 1 aliphatic carbocycles. The van der Waals surface area contributed by atoms with Gasteiger partial charge in [-0.25, -0.2) is 0 Å². The van der Waals surface area contributed by atoms with Gasteiger partial charge >= 0.3 is 0 Å². The highest BCUT2D eigenvalue weighted by Crippen LogP contribution is 2.43. The summed E-state index contributed by atoms with van der Waals surface area (Å²) in [6.45, 7) is 5.60. The van der Waals surface area contributed by atoms with Gasteiger partial charge in [0.15, 0.2) is 0 Å². The van der Waals surface area contributed by atoms with Crippen molar-refractivity contribution in [3.8, 4) is 0 Å². The van der Waals surface area contributed by atoms with Crippen LogP contribution in [0.5, 0.6) is 0 Å². The maximum Gasteiger partial charge on any atom is 0.0615 e. The van der Waals surface area contributed by atoms with E-state index in [2.05, 4.69) is 43.2 Å². The summed E-state index contributed by atoms with van der Waals surface area (Å²) in [4.78, 5) is 2.43. The molecule has 0 amide bonds. The van der Waals surface area contributed by atoms with Gasteiger partial charge in [-0.1, -0.05) is 18.9 Å². The Bertz CT molecular complexity index is 444. The molecule has 1 aromatic carbocycles. The molecule has 1 fully saturated rings. The lowest BCUT2D eigenvalue weighted by Crippen LogP contribution is -2.49. The van der Waals surface area contributed by atoms with Crippen LogP contribution < -0.4 is 10.2 Å². The van der Waals surface area contributed by atoms with Gasteiger partial charge in [0.2, 0.25) is 0 Å². The molecule has 0 radical (unpaired) electrons. The predicted molar refractivity (Wildman–Crippen MR) is 74.0 cm³/mol. The Hall–Kier alpha value is -1.18. The Morgan fingerprint density at radius 1 is 1.18 bits per heavy atom. The minimum Gasteiger partial charge on any atom is -0.376 e. The first-order chi connectivity index (χ1) is 8.11. The maximum absolute atomic E-state index is 3.87. The third kappa shape index (κ3) is 1.62. The van der Waals surface area contributed by atoms with Crippen LogP contribution in [0, 0.1) is 13.8 Å². The molecule has 0 aromatic heterocycles. The normalized spacial score (nSPS) is 21.5. The molecule has 1 N–H and O–H groups in total. The minimum atomic E-state index is 0.348. The number of aryl methyl sites for hydroxylation is 1. The number of fused-ring (bicyclic) bond motifs is 1. The molecule has 92 valence electrons. The Kier molecular flexibility index (Phi) is 2.35. The molecule has 1 aromatic rings. The fourth-order valence-corrected chi connectivity index (χ4v) is 3.46. The summed E-state index contributed by atoms with van der Waals surface area (Å²) in [6.07, 6.45) is 5.40. The third-order valence-electron chi connectivity index (χ3n) is 4.62. The van der Waals surface area contributed by atoms with Gasteiger partial charge in [-0.15, -0.1) is 0 Å². The van der Waals surface area contributed by atoms with Crippen LogP contribution in [0.25, 0.3) is 0 Å². The Balaban J connectivity index is 2.07. The number of likely N-dealkylation sites (N-methyl/N-ethyl adjacent to an activating group) is 1. The molecule has 0 atom stereocenters. The fraction of sp³-hybridized carbons (Fsp3) is 0.600. The molecule has 2 aliphatic rings. The molecule has 0 bridgehead atoms. The molecular formula is C15H22N2. The second-order valence-electron chi connectivity index (χ2n) is 5.87. The molecule has 1 saturated carbocycles. The minimum absolute atomic E-state index is 0.348. The van der Waals surface area contributed by atoms with Crippen LogP contribution in [0.1, 0.15) is 36.8 Å². The lowest BCUT2D eigenvalue weighted by atomic mass is 9.91. The van der Waals surface area contributed by atoms with E-state index >= 15 is 0 Å². The van der Waals surface area contributed by atoms with E-state index in [1.54, 1.807) is 0 Å². The molecule has 1 heterocycles. The second kappa shape index (κ2) is 3.66. The number of anilines is 2. The maximum atomic E-state index is 3.87. The SMILES string of the molecule is Cc1ccc2c(c1C)NC1(CCCC1)CN2C. The summed E-state index contributed by atoms with van der Waals surface area (Å²) < 4.78 is 0. The first kappa shape index (κ1) is 10.9. The van der Waals surface area contributed by atoms with Crippen LogP contribution in [0.3, 0.4) is 0 Å². The Labute approximate surface area is 104 Å². The summed E-state index contributed by atoms with van der Waals surface area (Å²) in [6, 6.07) is 4.49. The van der Waals surface area contributed by atoms with Gasteiger partial charge in [0, 0.05) is 13.6 Å². The molecule has 17 heavy (non-hydrogen) atoms. The molecule has 1 aliphatic heterocycles. The zero-order valence-corrected chi connectivity index (χ0v) is 11.1.